The summed E-state index contributed by atoms with van der Waals surface area (Å²) >= 11 is 1.88. The maximum Gasteiger partial charge on any atom is 0.136 e. The first-order valence-electron chi connectivity index (χ1n) is 13.5. The predicted octanol–water partition coefficient (Wildman–Crippen LogP) is 11.5. The van der Waals surface area contributed by atoms with E-state index in [9.17, 15) is 0 Å². The average molecular weight is 529 g/mol. The fourth-order valence-electron chi connectivity index (χ4n) is 5.96. The molecule has 188 valence electrons. The molecule has 6 aromatic carbocycles. The number of hydrogen-bond donors (Lipinski definition) is 0. The molecule has 0 saturated heterocycles. The Morgan fingerprint density at radius 1 is 0.350 bits per heavy atom. The van der Waals surface area contributed by atoms with Crippen LogP contribution in [0.15, 0.2) is 150 Å². The van der Waals surface area contributed by atoms with Gasteiger partial charge in [0.15, 0.2) is 0 Å². The lowest BCUT2D eigenvalue weighted by atomic mass is 9.93. The van der Waals surface area contributed by atoms with Crippen LogP contribution in [-0.4, -0.2) is 0 Å². The molecule has 0 unspecified atom stereocenters. The molecule has 0 amide bonds. The Bertz CT molecular complexity index is 2160. The third-order valence-corrected chi connectivity index (χ3v) is 9.03. The summed E-state index contributed by atoms with van der Waals surface area (Å²) in [7, 11) is 0. The molecule has 2 heterocycles. The normalized spacial score (nSPS) is 11.5. The molecule has 40 heavy (non-hydrogen) atoms. The summed E-state index contributed by atoms with van der Waals surface area (Å²) in [5.74, 6) is 0. The molecule has 0 saturated carbocycles. The number of para-hydroxylation sites is 1. The van der Waals surface area contributed by atoms with E-state index in [-0.39, 0.29) is 0 Å². The summed E-state index contributed by atoms with van der Waals surface area (Å²) in [6.07, 6.45) is 0. The monoisotopic (exact) mass is 528 g/mol. The molecule has 0 N–H and O–H groups in total. The smallest absolute Gasteiger partial charge is 0.136 e. The Kier molecular flexibility index (Phi) is 5.39. The molecule has 0 aliphatic rings. The summed E-state index contributed by atoms with van der Waals surface area (Å²) in [6, 6.07) is 51.8. The largest absolute Gasteiger partial charge is 0.456 e. The zero-order chi connectivity index (χ0) is 26.5. The molecular weight excluding hydrogens is 504 g/mol. The molecule has 1 nitrogen and oxygen atoms in total. The topological polar surface area (TPSA) is 13.1 Å². The summed E-state index contributed by atoms with van der Waals surface area (Å²) in [6.45, 7) is 0. The Hall–Kier alpha value is -4.92. The number of hydrogen-bond acceptors (Lipinski definition) is 2. The van der Waals surface area contributed by atoms with Crippen LogP contribution in [0.4, 0.5) is 0 Å². The van der Waals surface area contributed by atoms with Crippen LogP contribution in [0, 0.1) is 0 Å². The number of furan rings is 1. The lowest BCUT2D eigenvalue weighted by molar-refractivity contribution is 0.669. The molecule has 2 heteroatoms. The summed E-state index contributed by atoms with van der Waals surface area (Å²) in [5, 5.41) is 4.88. The van der Waals surface area contributed by atoms with Gasteiger partial charge in [0.2, 0.25) is 0 Å². The Morgan fingerprint density at radius 2 is 0.850 bits per heavy atom. The maximum atomic E-state index is 6.25. The number of rotatable bonds is 4. The van der Waals surface area contributed by atoms with Crippen LogP contribution in [0.25, 0.3) is 75.8 Å². The first-order valence-corrected chi connectivity index (χ1v) is 14.3. The average Bonchev–Trinajstić information content (AvgIpc) is 3.60. The van der Waals surface area contributed by atoms with Crippen LogP contribution in [-0.2, 0) is 0 Å². The lowest BCUT2D eigenvalue weighted by Gasteiger charge is -2.11. The van der Waals surface area contributed by atoms with Crippen molar-refractivity contribution in [3.8, 4) is 43.1 Å². The second-order valence-electron chi connectivity index (χ2n) is 10.0. The quantitative estimate of drug-likeness (QED) is 0.221. The van der Waals surface area contributed by atoms with Crippen LogP contribution < -0.4 is 0 Å². The van der Waals surface area contributed by atoms with Crippen molar-refractivity contribution in [2.75, 3.05) is 0 Å². The van der Waals surface area contributed by atoms with Crippen LogP contribution in [0.3, 0.4) is 0 Å². The van der Waals surface area contributed by atoms with E-state index in [1.807, 2.05) is 23.5 Å². The fraction of sp³-hybridized carbons (Fsp3) is 0. The highest BCUT2D eigenvalue weighted by Crippen LogP contribution is 2.49. The van der Waals surface area contributed by atoms with Crippen molar-refractivity contribution in [1.29, 1.82) is 0 Å². The highest BCUT2D eigenvalue weighted by atomic mass is 32.1. The predicted molar refractivity (Wildman–Crippen MR) is 171 cm³/mol. The van der Waals surface area contributed by atoms with Gasteiger partial charge in [-0.05, 0) is 34.4 Å². The van der Waals surface area contributed by atoms with Gasteiger partial charge in [0.1, 0.15) is 11.2 Å². The van der Waals surface area contributed by atoms with Crippen molar-refractivity contribution < 1.29 is 4.42 Å². The first-order chi connectivity index (χ1) is 19.9. The molecule has 0 radical (unpaired) electrons. The molecule has 0 bridgehead atoms. The minimum atomic E-state index is 0.919. The van der Waals surface area contributed by atoms with Crippen molar-refractivity contribution in [3.05, 3.63) is 146 Å². The van der Waals surface area contributed by atoms with E-state index in [4.69, 9.17) is 4.42 Å². The van der Waals surface area contributed by atoms with Crippen LogP contribution in [0.1, 0.15) is 0 Å². The van der Waals surface area contributed by atoms with Crippen molar-refractivity contribution in [3.63, 3.8) is 0 Å². The molecule has 0 aliphatic heterocycles. The van der Waals surface area contributed by atoms with E-state index < -0.39 is 0 Å². The van der Waals surface area contributed by atoms with Gasteiger partial charge in [-0.3, -0.25) is 0 Å². The standard InChI is InChI=1S/C38H24OS/c1-2-13-25(14-3-1)26-15-4-6-17-29(26)37-31-19-8-9-20-32(31)38(40-37)30-18-7-5-16-27(30)28-22-12-24-35-36(28)33-21-10-11-23-34(33)39-35/h1-24H. The number of thiophene rings is 1. The SMILES string of the molecule is c1ccc(-c2ccccc2-c2sc(-c3ccccc3-c3cccc4oc5ccccc5c34)c3ccccc23)cc1. The number of fused-ring (bicyclic) bond motifs is 4. The summed E-state index contributed by atoms with van der Waals surface area (Å²) in [4.78, 5) is 2.58. The van der Waals surface area contributed by atoms with Crippen LogP contribution in [0.2, 0.25) is 0 Å². The van der Waals surface area contributed by atoms with Crippen molar-refractivity contribution in [2.45, 2.75) is 0 Å². The second kappa shape index (κ2) is 9.37. The van der Waals surface area contributed by atoms with Crippen molar-refractivity contribution in [2.24, 2.45) is 0 Å². The Balaban J connectivity index is 1.39. The lowest BCUT2D eigenvalue weighted by Crippen LogP contribution is -1.84. The van der Waals surface area contributed by atoms with Gasteiger partial charge in [0, 0.05) is 42.4 Å². The zero-order valence-corrected chi connectivity index (χ0v) is 22.5. The molecule has 2 aromatic heterocycles. The third-order valence-electron chi connectivity index (χ3n) is 7.74. The molecular formula is C38H24OS. The zero-order valence-electron chi connectivity index (χ0n) is 21.7. The van der Waals surface area contributed by atoms with E-state index in [0.29, 0.717) is 0 Å². The molecule has 0 aliphatic carbocycles. The van der Waals surface area contributed by atoms with E-state index in [2.05, 4.69) is 133 Å². The number of benzene rings is 6. The van der Waals surface area contributed by atoms with Gasteiger partial charge in [-0.25, -0.2) is 0 Å². The van der Waals surface area contributed by atoms with Crippen molar-refractivity contribution >= 4 is 44.0 Å². The minimum absolute atomic E-state index is 0.919. The first kappa shape index (κ1) is 23.0. The van der Waals surface area contributed by atoms with Gasteiger partial charge in [-0.2, -0.15) is 0 Å². The minimum Gasteiger partial charge on any atom is -0.456 e. The molecule has 0 fully saturated rings. The Morgan fingerprint density at radius 3 is 1.57 bits per heavy atom. The highest BCUT2D eigenvalue weighted by molar-refractivity contribution is 7.21. The molecule has 0 spiro atoms. The van der Waals surface area contributed by atoms with E-state index in [1.165, 1.54) is 59.3 Å². The van der Waals surface area contributed by atoms with E-state index >= 15 is 0 Å². The van der Waals surface area contributed by atoms with Gasteiger partial charge in [0.25, 0.3) is 0 Å². The van der Waals surface area contributed by atoms with Crippen molar-refractivity contribution in [1.82, 2.24) is 0 Å². The van der Waals surface area contributed by atoms with E-state index in [1.54, 1.807) is 0 Å². The molecule has 0 atom stereocenters. The summed E-state index contributed by atoms with van der Waals surface area (Å²) in [5.41, 5.74) is 9.24. The van der Waals surface area contributed by atoms with Gasteiger partial charge >= 0.3 is 0 Å². The van der Waals surface area contributed by atoms with E-state index in [0.717, 1.165) is 16.6 Å². The van der Waals surface area contributed by atoms with Gasteiger partial charge in [0.05, 0.1) is 0 Å². The van der Waals surface area contributed by atoms with Gasteiger partial charge in [-0.1, -0.05) is 133 Å². The summed E-state index contributed by atoms with van der Waals surface area (Å²) < 4.78 is 6.25. The van der Waals surface area contributed by atoms with Crippen LogP contribution in [0.5, 0.6) is 0 Å². The highest BCUT2D eigenvalue weighted by Gasteiger charge is 2.20. The van der Waals surface area contributed by atoms with Crippen LogP contribution >= 0.6 is 11.3 Å². The van der Waals surface area contributed by atoms with Gasteiger partial charge < -0.3 is 4.42 Å². The third kappa shape index (κ3) is 3.61. The molecule has 8 rings (SSSR count). The maximum absolute atomic E-state index is 6.25. The fourth-order valence-corrected chi connectivity index (χ4v) is 7.31. The second-order valence-corrected chi connectivity index (χ2v) is 11.1. The Labute approximate surface area is 236 Å². The van der Waals surface area contributed by atoms with Gasteiger partial charge in [-0.15, -0.1) is 11.3 Å². The molecule has 8 aromatic rings.